The Morgan fingerprint density at radius 3 is 3.25 bits per heavy atom. The topological polar surface area (TPSA) is 60.5 Å². The third-order valence-electron chi connectivity index (χ3n) is 3.10. The lowest BCUT2D eigenvalue weighted by molar-refractivity contribution is -0.124. The second kappa shape index (κ2) is 8.24. The summed E-state index contributed by atoms with van der Waals surface area (Å²) in [6.07, 6.45) is 4.33. The number of pyridine rings is 1. The van der Waals surface area contributed by atoms with Crippen LogP contribution in [0, 0.1) is 0 Å². The normalized spacial score (nSPS) is 22.4. The van der Waals surface area contributed by atoms with E-state index in [0.717, 1.165) is 12.1 Å². The van der Waals surface area contributed by atoms with Gasteiger partial charge >= 0.3 is 0 Å². The Kier molecular flexibility index (Phi) is 6.29. The molecule has 0 bridgehead atoms. The first-order chi connectivity index (χ1) is 9.79. The summed E-state index contributed by atoms with van der Waals surface area (Å²) in [4.78, 5) is 15.9. The first kappa shape index (κ1) is 15.3. The fraction of sp³-hybridized carbons (Fsp3) is 0.571. The van der Waals surface area contributed by atoms with Crippen LogP contribution in [0.2, 0.25) is 0 Å². The summed E-state index contributed by atoms with van der Waals surface area (Å²) < 4.78 is 11.3. The van der Waals surface area contributed by atoms with Crippen LogP contribution in [-0.2, 0) is 20.9 Å². The third kappa shape index (κ3) is 4.77. The quantitative estimate of drug-likeness (QED) is 0.856. The van der Waals surface area contributed by atoms with E-state index < -0.39 is 0 Å². The number of nitrogens with zero attached hydrogens (tertiary/aromatic N) is 1. The number of nitrogens with one attached hydrogen (secondary N) is 1. The average Bonchev–Trinajstić information content (AvgIpc) is 2.48. The summed E-state index contributed by atoms with van der Waals surface area (Å²) in [5, 5.41) is 3.02. The van der Waals surface area contributed by atoms with Gasteiger partial charge in [-0.05, 0) is 24.8 Å². The van der Waals surface area contributed by atoms with E-state index in [1.807, 2.05) is 24.5 Å². The van der Waals surface area contributed by atoms with Crippen LogP contribution < -0.4 is 5.32 Å². The third-order valence-corrected chi connectivity index (χ3v) is 3.65. The van der Waals surface area contributed by atoms with Gasteiger partial charge in [0.2, 0.25) is 5.91 Å². The molecule has 1 aromatic heterocycles. The SMILES string of the molecule is CSCC(=O)NC1CCOCC1OCc1ccccn1. The van der Waals surface area contributed by atoms with Crippen LogP contribution in [0.3, 0.4) is 0 Å². The van der Waals surface area contributed by atoms with Gasteiger partial charge in [-0.1, -0.05) is 6.07 Å². The van der Waals surface area contributed by atoms with Crippen LogP contribution >= 0.6 is 11.8 Å². The fourth-order valence-corrected chi connectivity index (χ4v) is 2.44. The highest BCUT2D eigenvalue weighted by atomic mass is 32.2. The minimum Gasteiger partial charge on any atom is -0.379 e. The molecule has 2 unspecified atom stereocenters. The number of carbonyl (C=O) groups is 1. The highest BCUT2D eigenvalue weighted by Crippen LogP contribution is 2.13. The maximum atomic E-state index is 11.7. The lowest BCUT2D eigenvalue weighted by Crippen LogP contribution is -2.50. The standard InChI is InChI=1S/C14H20N2O3S/c1-20-10-14(17)16-12-5-7-18-9-13(12)19-8-11-4-2-3-6-15-11/h2-4,6,12-13H,5,7-10H2,1H3,(H,16,17). The molecule has 1 fully saturated rings. The molecule has 0 saturated carbocycles. The number of ether oxygens (including phenoxy) is 2. The monoisotopic (exact) mass is 296 g/mol. The number of hydrogen-bond acceptors (Lipinski definition) is 5. The van der Waals surface area contributed by atoms with E-state index in [-0.39, 0.29) is 18.1 Å². The minimum absolute atomic E-state index is 0.0205. The highest BCUT2D eigenvalue weighted by molar-refractivity contribution is 7.99. The molecule has 2 atom stereocenters. The molecule has 0 aliphatic carbocycles. The predicted octanol–water partition coefficient (Wildman–Crippen LogP) is 1.23. The fourth-order valence-electron chi connectivity index (χ4n) is 2.10. The molecule has 1 N–H and O–H groups in total. The van der Waals surface area contributed by atoms with E-state index in [2.05, 4.69) is 10.3 Å². The largest absolute Gasteiger partial charge is 0.379 e. The van der Waals surface area contributed by atoms with Crippen LogP contribution in [0.15, 0.2) is 24.4 Å². The molecule has 110 valence electrons. The van der Waals surface area contributed by atoms with E-state index in [4.69, 9.17) is 9.47 Å². The van der Waals surface area contributed by atoms with Crippen LogP contribution in [0.4, 0.5) is 0 Å². The van der Waals surface area contributed by atoms with E-state index >= 15 is 0 Å². The lowest BCUT2D eigenvalue weighted by atomic mass is 10.1. The minimum atomic E-state index is -0.114. The zero-order valence-corrected chi connectivity index (χ0v) is 12.4. The van der Waals surface area contributed by atoms with Crippen molar-refractivity contribution in [2.75, 3.05) is 25.2 Å². The molecule has 6 heteroatoms. The van der Waals surface area contributed by atoms with Gasteiger partial charge in [0.25, 0.3) is 0 Å². The molecule has 1 amide bonds. The first-order valence-electron chi connectivity index (χ1n) is 6.67. The van der Waals surface area contributed by atoms with E-state index in [1.165, 1.54) is 11.8 Å². The van der Waals surface area contributed by atoms with Crippen LogP contribution in [-0.4, -0.2) is 48.3 Å². The van der Waals surface area contributed by atoms with Gasteiger partial charge in [-0.3, -0.25) is 9.78 Å². The number of hydrogen-bond donors (Lipinski definition) is 1. The van der Waals surface area contributed by atoms with Crippen LogP contribution in [0.5, 0.6) is 0 Å². The van der Waals surface area contributed by atoms with Crippen molar-refractivity contribution in [1.29, 1.82) is 0 Å². The number of thioether (sulfide) groups is 1. The molecule has 2 rings (SSSR count). The van der Waals surface area contributed by atoms with Crippen molar-refractivity contribution in [2.24, 2.45) is 0 Å². The van der Waals surface area contributed by atoms with Crippen LogP contribution in [0.1, 0.15) is 12.1 Å². The molecule has 1 aromatic rings. The summed E-state index contributed by atoms with van der Waals surface area (Å²) in [6.45, 7) is 1.61. The summed E-state index contributed by atoms with van der Waals surface area (Å²) >= 11 is 1.52. The van der Waals surface area contributed by atoms with Gasteiger partial charge in [0.1, 0.15) is 6.10 Å². The molecular formula is C14H20N2O3S. The molecule has 1 aliphatic rings. The Labute approximate surface area is 123 Å². The zero-order valence-electron chi connectivity index (χ0n) is 11.6. The van der Waals surface area contributed by atoms with Crippen molar-refractivity contribution in [3.05, 3.63) is 30.1 Å². The second-order valence-corrected chi connectivity index (χ2v) is 5.51. The summed E-state index contributed by atoms with van der Waals surface area (Å²) in [5.74, 6) is 0.528. The van der Waals surface area contributed by atoms with Crippen molar-refractivity contribution in [2.45, 2.75) is 25.2 Å². The Morgan fingerprint density at radius 2 is 2.50 bits per heavy atom. The molecule has 5 nitrogen and oxygen atoms in total. The first-order valence-corrected chi connectivity index (χ1v) is 8.06. The van der Waals surface area contributed by atoms with Gasteiger partial charge in [0, 0.05) is 12.8 Å². The van der Waals surface area contributed by atoms with Crippen LogP contribution in [0.25, 0.3) is 0 Å². The van der Waals surface area contributed by atoms with Crippen molar-refractivity contribution < 1.29 is 14.3 Å². The lowest BCUT2D eigenvalue weighted by Gasteiger charge is -2.32. The maximum absolute atomic E-state index is 11.7. The number of carbonyl (C=O) groups excluding carboxylic acids is 1. The van der Waals surface area contributed by atoms with E-state index in [1.54, 1.807) is 6.20 Å². The zero-order chi connectivity index (χ0) is 14.2. The van der Waals surface area contributed by atoms with Crippen molar-refractivity contribution in [3.8, 4) is 0 Å². The molecule has 1 aliphatic heterocycles. The Hall–Kier alpha value is -1.11. The van der Waals surface area contributed by atoms with Gasteiger partial charge < -0.3 is 14.8 Å². The molecule has 0 radical (unpaired) electrons. The molecule has 1 saturated heterocycles. The van der Waals surface area contributed by atoms with Gasteiger partial charge in [-0.2, -0.15) is 11.8 Å². The number of amides is 1. The molecule has 20 heavy (non-hydrogen) atoms. The van der Waals surface area contributed by atoms with Crippen molar-refractivity contribution in [1.82, 2.24) is 10.3 Å². The summed E-state index contributed by atoms with van der Waals surface area (Å²) in [6, 6.07) is 5.75. The smallest absolute Gasteiger partial charge is 0.230 e. The molecule has 0 aromatic carbocycles. The van der Waals surface area contributed by atoms with E-state index in [0.29, 0.717) is 25.6 Å². The molecule has 0 spiro atoms. The second-order valence-electron chi connectivity index (χ2n) is 4.64. The van der Waals surface area contributed by atoms with Gasteiger partial charge in [0.05, 0.1) is 30.7 Å². The Bertz CT molecular complexity index is 416. The van der Waals surface area contributed by atoms with Gasteiger partial charge in [0.15, 0.2) is 0 Å². The van der Waals surface area contributed by atoms with Crippen molar-refractivity contribution >= 4 is 17.7 Å². The average molecular weight is 296 g/mol. The maximum Gasteiger partial charge on any atom is 0.230 e. The van der Waals surface area contributed by atoms with E-state index in [9.17, 15) is 4.79 Å². The molecular weight excluding hydrogens is 276 g/mol. The van der Waals surface area contributed by atoms with Crippen molar-refractivity contribution in [3.63, 3.8) is 0 Å². The number of rotatable bonds is 6. The number of aromatic nitrogens is 1. The highest BCUT2D eigenvalue weighted by Gasteiger charge is 2.27. The Balaban J connectivity index is 1.85. The molecule has 2 heterocycles. The summed E-state index contributed by atoms with van der Waals surface area (Å²) in [5.41, 5.74) is 0.882. The summed E-state index contributed by atoms with van der Waals surface area (Å²) in [7, 11) is 0. The van der Waals surface area contributed by atoms with Gasteiger partial charge in [-0.25, -0.2) is 0 Å². The predicted molar refractivity (Wildman–Crippen MR) is 78.6 cm³/mol. The van der Waals surface area contributed by atoms with Gasteiger partial charge in [-0.15, -0.1) is 0 Å². The Morgan fingerprint density at radius 1 is 1.60 bits per heavy atom.